The standard InChI is InChI=1S/C27H17BBrN3/c28-23-15-22(16-24(29)17-23)27-31-25(20-9-5-2-6-10-20)30-26(32-27)21-13-11-19(12-14-21)18-7-3-1-4-8-18/h1-17H. The molecule has 150 valence electrons. The lowest BCUT2D eigenvalue weighted by Gasteiger charge is -2.10. The molecule has 1 aromatic heterocycles. The molecule has 0 bridgehead atoms. The molecule has 0 fully saturated rings. The number of hydrogen-bond acceptors (Lipinski definition) is 3. The number of aromatic nitrogens is 3. The molecule has 0 saturated carbocycles. The Kier molecular flexibility index (Phi) is 5.65. The second kappa shape index (κ2) is 8.89. The predicted octanol–water partition coefficient (Wildman–Crippen LogP) is 6.10. The molecule has 5 aromatic rings. The Balaban J connectivity index is 1.63. The number of hydrogen-bond donors (Lipinski definition) is 0. The monoisotopic (exact) mass is 473 g/mol. The topological polar surface area (TPSA) is 38.7 Å². The zero-order valence-electron chi connectivity index (χ0n) is 17.1. The van der Waals surface area contributed by atoms with Gasteiger partial charge in [-0.2, -0.15) is 0 Å². The van der Waals surface area contributed by atoms with Crippen molar-refractivity contribution in [3.05, 3.63) is 108 Å². The third-order valence-electron chi connectivity index (χ3n) is 5.10. The highest BCUT2D eigenvalue weighted by atomic mass is 79.9. The van der Waals surface area contributed by atoms with Crippen LogP contribution in [0.5, 0.6) is 0 Å². The van der Waals surface area contributed by atoms with E-state index in [0.717, 1.165) is 26.7 Å². The summed E-state index contributed by atoms with van der Waals surface area (Å²) in [5.74, 6) is 1.82. The van der Waals surface area contributed by atoms with E-state index < -0.39 is 0 Å². The lowest BCUT2D eigenvalue weighted by molar-refractivity contribution is 1.07. The summed E-state index contributed by atoms with van der Waals surface area (Å²) in [4.78, 5) is 14.3. The number of halogens is 1. The van der Waals surface area contributed by atoms with E-state index in [9.17, 15) is 0 Å². The molecule has 0 aliphatic rings. The van der Waals surface area contributed by atoms with Crippen LogP contribution in [-0.4, -0.2) is 22.8 Å². The van der Waals surface area contributed by atoms with Crippen molar-refractivity contribution in [2.45, 2.75) is 0 Å². The van der Waals surface area contributed by atoms with Gasteiger partial charge in [-0.1, -0.05) is 118 Å². The Hall–Kier alpha value is -3.57. The van der Waals surface area contributed by atoms with Crippen molar-refractivity contribution in [3.8, 4) is 45.3 Å². The normalized spacial score (nSPS) is 10.8. The smallest absolute Gasteiger partial charge is 0.164 e. The van der Waals surface area contributed by atoms with Gasteiger partial charge in [0.2, 0.25) is 0 Å². The summed E-state index contributed by atoms with van der Waals surface area (Å²) in [6.07, 6.45) is 0. The van der Waals surface area contributed by atoms with Crippen molar-refractivity contribution < 1.29 is 0 Å². The van der Waals surface area contributed by atoms with Crippen molar-refractivity contribution in [1.29, 1.82) is 0 Å². The van der Waals surface area contributed by atoms with E-state index in [4.69, 9.17) is 22.8 Å². The van der Waals surface area contributed by atoms with Crippen LogP contribution in [0.3, 0.4) is 0 Å². The molecule has 0 atom stereocenters. The van der Waals surface area contributed by atoms with Crippen LogP contribution in [0, 0.1) is 0 Å². The lowest BCUT2D eigenvalue weighted by atomic mass is 9.94. The largest absolute Gasteiger partial charge is 0.208 e. The summed E-state index contributed by atoms with van der Waals surface area (Å²) < 4.78 is 0.878. The van der Waals surface area contributed by atoms with Crippen LogP contribution in [0.15, 0.2) is 108 Å². The van der Waals surface area contributed by atoms with Crippen LogP contribution in [0.2, 0.25) is 0 Å². The van der Waals surface area contributed by atoms with Gasteiger partial charge < -0.3 is 0 Å². The minimum atomic E-state index is 0.578. The van der Waals surface area contributed by atoms with E-state index >= 15 is 0 Å². The molecule has 0 spiro atoms. The third-order valence-corrected chi connectivity index (χ3v) is 5.55. The summed E-state index contributed by atoms with van der Waals surface area (Å²) in [6.45, 7) is 0. The van der Waals surface area contributed by atoms with Gasteiger partial charge in [0.05, 0.1) is 0 Å². The zero-order valence-corrected chi connectivity index (χ0v) is 18.7. The van der Waals surface area contributed by atoms with E-state index in [0.29, 0.717) is 22.9 Å². The Morgan fingerprint density at radius 1 is 0.469 bits per heavy atom. The van der Waals surface area contributed by atoms with E-state index in [2.05, 4.69) is 40.2 Å². The minimum absolute atomic E-state index is 0.578. The Labute approximate surface area is 196 Å². The van der Waals surface area contributed by atoms with Gasteiger partial charge in [0, 0.05) is 21.2 Å². The first-order valence-corrected chi connectivity index (χ1v) is 11.0. The lowest BCUT2D eigenvalue weighted by Crippen LogP contribution is -2.05. The summed E-state index contributed by atoms with van der Waals surface area (Å²) in [5, 5.41) is 0. The Morgan fingerprint density at radius 2 is 0.906 bits per heavy atom. The van der Waals surface area contributed by atoms with Crippen molar-refractivity contribution in [1.82, 2.24) is 15.0 Å². The van der Waals surface area contributed by atoms with Gasteiger partial charge >= 0.3 is 0 Å². The van der Waals surface area contributed by atoms with Crippen LogP contribution in [0.4, 0.5) is 0 Å². The van der Waals surface area contributed by atoms with Gasteiger partial charge in [0.15, 0.2) is 17.5 Å². The molecule has 0 amide bonds. The van der Waals surface area contributed by atoms with Crippen molar-refractivity contribution in [2.75, 3.05) is 0 Å². The fourth-order valence-corrected chi connectivity index (χ4v) is 4.05. The van der Waals surface area contributed by atoms with Gasteiger partial charge in [-0.05, 0) is 17.2 Å². The Morgan fingerprint density at radius 3 is 1.47 bits per heavy atom. The SMILES string of the molecule is [B]c1cc(Br)cc(-c2nc(-c3ccccc3)nc(-c3ccc(-c4ccccc4)cc3)n2)c1. The van der Waals surface area contributed by atoms with Gasteiger partial charge in [-0.3, -0.25) is 0 Å². The third kappa shape index (κ3) is 4.39. The molecule has 32 heavy (non-hydrogen) atoms. The second-order valence-corrected chi connectivity index (χ2v) is 8.30. The predicted molar refractivity (Wildman–Crippen MR) is 135 cm³/mol. The summed E-state index contributed by atoms with van der Waals surface area (Å²) in [6, 6.07) is 34.2. The molecule has 0 saturated heterocycles. The van der Waals surface area contributed by atoms with E-state index in [-0.39, 0.29) is 0 Å². The molecule has 0 aliphatic carbocycles. The fraction of sp³-hybridized carbons (Fsp3) is 0. The molecule has 5 heteroatoms. The first-order valence-electron chi connectivity index (χ1n) is 10.2. The van der Waals surface area contributed by atoms with Crippen molar-refractivity contribution in [2.24, 2.45) is 0 Å². The number of nitrogens with zero attached hydrogens (tertiary/aromatic N) is 3. The molecule has 0 unspecified atom stereocenters. The van der Waals surface area contributed by atoms with E-state index in [1.807, 2.05) is 78.9 Å². The van der Waals surface area contributed by atoms with Gasteiger partial charge in [0.1, 0.15) is 7.85 Å². The van der Waals surface area contributed by atoms with Crippen molar-refractivity contribution in [3.63, 3.8) is 0 Å². The molecule has 5 rings (SSSR count). The van der Waals surface area contributed by atoms with Gasteiger partial charge in [-0.15, -0.1) is 0 Å². The first kappa shape index (κ1) is 20.3. The quantitative estimate of drug-likeness (QED) is 0.296. The second-order valence-electron chi connectivity index (χ2n) is 7.39. The highest BCUT2D eigenvalue weighted by Crippen LogP contribution is 2.27. The molecule has 4 aromatic carbocycles. The number of rotatable bonds is 4. The van der Waals surface area contributed by atoms with E-state index in [1.54, 1.807) is 0 Å². The van der Waals surface area contributed by atoms with Gasteiger partial charge in [-0.25, -0.2) is 15.0 Å². The molecular formula is C27H17BBrN3. The van der Waals surface area contributed by atoms with Crippen LogP contribution >= 0.6 is 15.9 Å². The summed E-state index contributed by atoms with van der Waals surface area (Å²) >= 11 is 3.52. The van der Waals surface area contributed by atoms with Crippen LogP contribution in [0.25, 0.3) is 45.3 Å². The highest BCUT2D eigenvalue weighted by molar-refractivity contribution is 9.10. The summed E-state index contributed by atoms with van der Waals surface area (Å²) in [7, 11) is 6.07. The fourth-order valence-electron chi connectivity index (χ4n) is 3.53. The van der Waals surface area contributed by atoms with E-state index in [1.165, 1.54) is 5.56 Å². The van der Waals surface area contributed by atoms with Crippen molar-refractivity contribution >= 4 is 29.2 Å². The zero-order chi connectivity index (χ0) is 21.9. The molecular weight excluding hydrogens is 457 g/mol. The molecule has 2 radical (unpaired) electrons. The number of benzene rings is 4. The molecule has 1 heterocycles. The molecule has 3 nitrogen and oxygen atoms in total. The summed E-state index contributed by atoms with van der Waals surface area (Å²) in [5.41, 5.74) is 5.65. The Bertz CT molecular complexity index is 1350. The molecule has 0 N–H and O–H groups in total. The van der Waals surface area contributed by atoms with Gasteiger partial charge in [0.25, 0.3) is 0 Å². The maximum Gasteiger partial charge on any atom is 0.164 e. The first-order chi connectivity index (χ1) is 15.7. The maximum atomic E-state index is 6.07. The molecule has 0 aliphatic heterocycles. The average molecular weight is 474 g/mol. The maximum absolute atomic E-state index is 6.07. The van der Waals surface area contributed by atoms with Crippen LogP contribution in [0.1, 0.15) is 0 Å². The minimum Gasteiger partial charge on any atom is -0.208 e. The van der Waals surface area contributed by atoms with Crippen LogP contribution < -0.4 is 5.46 Å². The average Bonchev–Trinajstić information content (AvgIpc) is 2.84. The van der Waals surface area contributed by atoms with Crippen LogP contribution in [-0.2, 0) is 0 Å². The highest BCUT2D eigenvalue weighted by Gasteiger charge is 2.13.